The molecule has 0 spiro atoms. The summed E-state index contributed by atoms with van der Waals surface area (Å²) >= 11 is 0. The number of hydrogen-bond donors (Lipinski definition) is 0. The van der Waals surface area contributed by atoms with E-state index in [0.29, 0.717) is 12.1 Å². The molecule has 0 saturated carbocycles. The maximum absolute atomic E-state index is 13.3. The van der Waals surface area contributed by atoms with Gasteiger partial charge in [0.1, 0.15) is 11.8 Å². The van der Waals surface area contributed by atoms with E-state index in [9.17, 15) is 10.1 Å². The first-order valence-electron chi connectivity index (χ1n) is 11.3. The van der Waals surface area contributed by atoms with E-state index in [4.69, 9.17) is 9.47 Å². The highest BCUT2D eigenvalue weighted by Crippen LogP contribution is 2.40. The van der Waals surface area contributed by atoms with Gasteiger partial charge < -0.3 is 14.4 Å². The lowest BCUT2D eigenvalue weighted by Crippen LogP contribution is -2.66. The third-order valence-corrected chi connectivity index (χ3v) is 6.56. The molecule has 2 unspecified atom stereocenters. The normalized spacial score (nSPS) is 21.7. The van der Waals surface area contributed by atoms with Crippen LogP contribution in [0.1, 0.15) is 43.5 Å². The van der Waals surface area contributed by atoms with Crippen molar-refractivity contribution in [3.05, 3.63) is 65.2 Å². The van der Waals surface area contributed by atoms with Gasteiger partial charge in [0.15, 0.2) is 0 Å². The fourth-order valence-electron chi connectivity index (χ4n) is 4.65. The van der Waals surface area contributed by atoms with Gasteiger partial charge in [-0.1, -0.05) is 37.3 Å². The van der Waals surface area contributed by atoms with Gasteiger partial charge in [-0.15, -0.1) is 0 Å². The number of hydrogen-bond acceptors (Lipinski definition) is 5. The summed E-state index contributed by atoms with van der Waals surface area (Å²) < 4.78 is 11.8. The summed E-state index contributed by atoms with van der Waals surface area (Å²) in [6.45, 7) is 10.2. The Balaban J connectivity index is 1.60. The Bertz CT molecular complexity index is 990. The van der Waals surface area contributed by atoms with Crippen LogP contribution in [0.15, 0.2) is 48.5 Å². The van der Waals surface area contributed by atoms with Crippen molar-refractivity contribution in [2.24, 2.45) is 0 Å². The summed E-state index contributed by atoms with van der Waals surface area (Å²) in [7, 11) is 0. The van der Waals surface area contributed by atoms with E-state index in [0.717, 1.165) is 49.6 Å². The highest BCUT2D eigenvalue weighted by atomic mass is 16.5. The minimum Gasteiger partial charge on any atom is -0.478 e. The van der Waals surface area contributed by atoms with Crippen LogP contribution >= 0.6 is 0 Å². The molecule has 4 rings (SSSR count). The lowest BCUT2D eigenvalue weighted by molar-refractivity contribution is -0.168. The Labute approximate surface area is 190 Å². The first-order valence-corrected chi connectivity index (χ1v) is 11.3. The standard InChI is InChI=1S/C26H31N3O3/c1-4-20-7-5-6-8-22(20)32-24-23(21-11-9-19(17-27)10-12-21)29(25(24)30)18-26(2,3)28-13-15-31-16-14-28/h5-12,23-24H,4,13-16,18H2,1-3H3. The lowest BCUT2D eigenvalue weighted by atomic mass is 9.87. The van der Waals surface area contributed by atoms with E-state index in [-0.39, 0.29) is 17.5 Å². The van der Waals surface area contributed by atoms with Crippen LogP contribution in [-0.4, -0.2) is 60.2 Å². The molecular formula is C26H31N3O3. The number of nitrogens with zero attached hydrogens (tertiary/aromatic N) is 3. The molecule has 2 aromatic rings. The van der Waals surface area contributed by atoms with Gasteiger partial charge in [0.25, 0.3) is 5.91 Å². The summed E-state index contributed by atoms with van der Waals surface area (Å²) in [5.41, 5.74) is 2.50. The molecule has 2 aliphatic heterocycles. The molecule has 2 saturated heterocycles. The molecular weight excluding hydrogens is 402 g/mol. The molecule has 0 aromatic heterocycles. The zero-order valence-corrected chi connectivity index (χ0v) is 19.1. The third kappa shape index (κ3) is 4.36. The van der Waals surface area contributed by atoms with E-state index < -0.39 is 6.10 Å². The number of aryl methyl sites for hydroxylation is 1. The molecule has 6 nitrogen and oxygen atoms in total. The van der Waals surface area contributed by atoms with Gasteiger partial charge in [0.05, 0.1) is 24.8 Å². The summed E-state index contributed by atoms with van der Waals surface area (Å²) in [5.74, 6) is 0.769. The minimum atomic E-state index is -0.573. The van der Waals surface area contributed by atoms with Gasteiger partial charge in [-0.05, 0) is 49.6 Å². The van der Waals surface area contributed by atoms with Crippen LogP contribution in [0.2, 0.25) is 0 Å². The number of nitriles is 1. The molecule has 2 fully saturated rings. The monoisotopic (exact) mass is 433 g/mol. The fraction of sp³-hybridized carbons (Fsp3) is 0.462. The van der Waals surface area contributed by atoms with Crippen LogP contribution in [0.3, 0.4) is 0 Å². The zero-order chi connectivity index (χ0) is 22.7. The van der Waals surface area contributed by atoms with E-state index in [1.165, 1.54) is 0 Å². The lowest BCUT2D eigenvalue weighted by Gasteiger charge is -2.52. The first kappa shape index (κ1) is 22.3. The van der Waals surface area contributed by atoms with Crippen LogP contribution in [0.4, 0.5) is 0 Å². The van der Waals surface area contributed by atoms with Crippen LogP contribution < -0.4 is 4.74 Å². The van der Waals surface area contributed by atoms with Crippen molar-refractivity contribution < 1.29 is 14.3 Å². The summed E-state index contributed by atoms with van der Waals surface area (Å²) in [6, 6.07) is 17.4. The molecule has 32 heavy (non-hydrogen) atoms. The molecule has 0 N–H and O–H groups in total. The van der Waals surface area contributed by atoms with Gasteiger partial charge in [0.2, 0.25) is 6.10 Å². The highest BCUT2D eigenvalue weighted by molar-refractivity contribution is 5.89. The number of ether oxygens (including phenoxy) is 2. The van der Waals surface area contributed by atoms with Crippen LogP contribution in [0.5, 0.6) is 5.75 Å². The average Bonchev–Trinajstić information content (AvgIpc) is 2.84. The number of likely N-dealkylation sites (tertiary alicyclic amines) is 1. The second kappa shape index (κ2) is 9.32. The maximum Gasteiger partial charge on any atom is 0.266 e. The summed E-state index contributed by atoms with van der Waals surface area (Å²) in [5, 5.41) is 9.18. The van der Waals surface area contributed by atoms with Crippen molar-refractivity contribution in [1.29, 1.82) is 5.26 Å². The smallest absolute Gasteiger partial charge is 0.266 e. The summed E-state index contributed by atoms with van der Waals surface area (Å²) in [4.78, 5) is 17.7. The fourth-order valence-corrected chi connectivity index (χ4v) is 4.65. The van der Waals surface area contributed by atoms with E-state index >= 15 is 0 Å². The van der Waals surface area contributed by atoms with Crippen LogP contribution in [-0.2, 0) is 16.0 Å². The van der Waals surface area contributed by atoms with Crippen LogP contribution in [0.25, 0.3) is 0 Å². The quantitative estimate of drug-likeness (QED) is 0.625. The van der Waals surface area contributed by atoms with E-state index in [1.807, 2.05) is 41.3 Å². The van der Waals surface area contributed by atoms with Crippen molar-refractivity contribution in [1.82, 2.24) is 9.80 Å². The zero-order valence-electron chi connectivity index (χ0n) is 19.1. The van der Waals surface area contributed by atoms with Gasteiger partial charge in [0, 0.05) is 25.2 Å². The molecule has 1 amide bonds. The number of benzene rings is 2. The number of rotatable bonds is 7. The Morgan fingerprint density at radius 3 is 2.47 bits per heavy atom. The molecule has 6 heteroatoms. The Morgan fingerprint density at radius 2 is 1.81 bits per heavy atom. The molecule has 0 aliphatic carbocycles. The van der Waals surface area contributed by atoms with Crippen molar-refractivity contribution in [3.63, 3.8) is 0 Å². The average molecular weight is 434 g/mol. The number of carbonyl (C=O) groups is 1. The van der Waals surface area contributed by atoms with Gasteiger partial charge >= 0.3 is 0 Å². The van der Waals surface area contributed by atoms with E-state index in [1.54, 1.807) is 12.1 Å². The Hall–Kier alpha value is -2.88. The van der Waals surface area contributed by atoms with Crippen molar-refractivity contribution >= 4 is 5.91 Å². The second-order valence-corrected chi connectivity index (χ2v) is 9.06. The van der Waals surface area contributed by atoms with Gasteiger partial charge in [-0.2, -0.15) is 5.26 Å². The highest BCUT2D eigenvalue weighted by Gasteiger charge is 2.52. The predicted molar refractivity (Wildman–Crippen MR) is 122 cm³/mol. The topological polar surface area (TPSA) is 65.8 Å². The SMILES string of the molecule is CCc1ccccc1OC1C(=O)N(CC(C)(C)N2CCOCC2)C1c1ccc(C#N)cc1. The van der Waals surface area contributed by atoms with Crippen molar-refractivity contribution in [3.8, 4) is 11.8 Å². The summed E-state index contributed by atoms with van der Waals surface area (Å²) in [6.07, 6.45) is 0.267. The van der Waals surface area contributed by atoms with Crippen LogP contribution in [0, 0.1) is 11.3 Å². The van der Waals surface area contributed by atoms with Gasteiger partial charge in [-0.25, -0.2) is 0 Å². The molecule has 0 radical (unpaired) electrons. The number of para-hydroxylation sites is 1. The minimum absolute atomic E-state index is 0.00611. The molecule has 2 heterocycles. The first-order chi connectivity index (χ1) is 15.4. The van der Waals surface area contributed by atoms with Crippen molar-refractivity contribution in [2.75, 3.05) is 32.8 Å². The number of amides is 1. The molecule has 168 valence electrons. The second-order valence-electron chi connectivity index (χ2n) is 9.06. The maximum atomic E-state index is 13.3. The van der Waals surface area contributed by atoms with Gasteiger partial charge in [-0.3, -0.25) is 9.69 Å². The number of carbonyl (C=O) groups excluding carboxylic acids is 1. The Morgan fingerprint density at radius 1 is 1.12 bits per heavy atom. The largest absolute Gasteiger partial charge is 0.478 e. The van der Waals surface area contributed by atoms with E-state index in [2.05, 4.69) is 31.7 Å². The number of morpholine rings is 1. The Kier molecular flexibility index (Phi) is 6.50. The molecule has 0 bridgehead atoms. The molecule has 2 atom stereocenters. The van der Waals surface area contributed by atoms with Crippen molar-refractivity contribution in [2.45, 2.75) is 44.9 Å². The number of β-lactam (4-membered cyclic amide) rings is 1. The predicted octanol–water partition coefficient (Wildman–Crippen LogP) is 3.56. The molecule has 2 aliphatic rings. The third-order valence-electron chi connectivity index (χ3n) is 6.56. The molecule has 2 aromatic carbocycles.